The second kappa shape index (κ2) is 7.66. The number of guanidine groups is 1. The number of carbonyl (C=O) groups excluding carboxylic acids is 1. The van der Waals surface area contributed by atoms with Crippen LogP contribution in [0.25, 0.3) is 0 Å². The fourth-order valence-electron chi connectivity index (χ4n) is 3.47. The molecule has 1 aromatic rings. The number of nitrogens with zero attached hydrogens (tertiary/aromatic N) is 3. The molecule has 0 aromatic heterocycles. The lowest BCUT2D eigenvalue weighted by Gasteiger charge is -2.25. The molecule has 0 saturated heterocycles. The van der Waals surface area contributed by atoms with E-state index in [0.29, 0.717) is 45.3 Å². The molecule has 144 valence electrons. The zero-order valence-electron chi connectivity index (χ0n) is 14.5. The molecule has 0 saturated carbocycles. The van der Waals surface area contributed by atoms with Crippen LogP contribution in [0.2, 0.25) is 10.0 Å². The van der Waals surface area contributed by atoms with Crippen molar-refractivity contribution in [2.45, 2.75) is 18.9 Å². The maximum absolute atomic E-state index is 12.4. The number of ether oxygens (including phenoxy) is 1. The lowest BCUT2D eigenvalue weighted by atomic mass is 9.89. The highest BCUT2D eigenvalue weighted by molar-refractivity contribution is 8.18. The number of nitrogens with two attached hydrogens (primary N) is 1. The van der Waals surface area contributed by atoms with Crippen molar-refractivity contribution in [2.75, 3.05) is 13.2 Å². The van der Waals surface area contributed by atoms with Crippen LogP contribution in [0.5, 0.6) is 5.75 Å². The smallest absolute Gasteiger partial charge is 0.257 e. The van der Waals surface area contributed by atoms with Gasteiger partial charge in [0, 0.05) is 29.1 Å². The van der Waals surface area contributed by atoms with Gasteiger partial charge in [0.15, 0.2) is 0 Å². The molecule has 7 nitrogen and oxygen atoms in total. The van der Waals surface area contributed by atoms with Crippen LogP contribution in [0.15, 0.2) is 27.0 Å². The number of nitrogens with one attached hydrogen (secondary N) is 1. The zero-order chi connectivity index (χ0) is 19.8. The summed E-state index contributed by atoms with van der Waals surface area (Å²) in [5.74, 6) is 0.271. The van der Waals surface area contributed by atoms with E-state index in [1.165, 1.54) is 11.8 Å². The minimum absolute atomic E-state index is 0.141. The van der Waals surface area contributed by atoms with E-state index < -0.39 is 6.04 Å². The van der Waals surface area contributed by atoms with Gasteiger partial charge in [0.05, 0.1) is 46.0 Å². The molecular weight excluding hydrogens is 421 g/mol. The summed E-state index contributed by atoms with van der Waals surface area (Å²) in [5.41, 5.74) is 7.68. The highest BCUT2D eigenvalue weighted by Gasteiger charge is 2.40. The lowest BCUT2D eigenvalue weighted by Crippen LogP contribution is -2.26. The lowest BCUT2D eigenvalue weighted by molar-refractivity contribution is -0.116. The van der Waals surface area contributed by atoms with Crippen molar-refractivity contribution in [3.8, 4) is 11.8 Å². The Balaban J connectivity index is 1.70. The number of hydrogen-bond acceptors (Lipinski definition) is 7. The predicted octanol–water partition coefficient (Wildman–Crippen LogP) is 2.97. The summed E-state index contributed by atoms with van der Waals surface area (Å²) in [6, 6.07) is 3.24. The van der Waals surface area contributed by atoms with Crippen LogP contribution in [0.1, 0.15) is 23.6 Å². The van der Waals surface area contributed by atoms with E-state index in [1.54, 1.807) is 6.07 Å². The van der Waals surface area contributed by atoms with Crippen molar-refractivity contribution in [3.05, 3.63) is 38.2 Å². The number of fused-ring (bicyclic) bond motifs is 2. The van der Waals surface area contributed by atoms with Gasteiger partial charge in [-0.2, -0.15) is 5.26 Å². The molecule has 3 aliphatic rings. The van der Waals surface area contributed by atoms with Crippen molar-refractivity contribution < 1.29 is 9.53 Å². The van der Waals surface area contributed by atoms with Crippen LogP contribution in [0.3, 0.4) is 0 Å². The summed E-state index contributed by atoms with van der Waals surface area (Å²) in [7, 11) is 0. The van der Waals surface area contributed by atoms with Gasteiger partial charge in [0.1, 0.15) is 5.75 Å². The first-order valence-corrected chi connectivity index (χ1v) is 10.2. The first kappa shape index (κ1) is 19.1. The number of carbonyl (C=O) groups is 1. The van der Waals surface area contributed by atoms with Gasteiger partial charge in [0.2, 0.25) is 5.96 Å². The third kappa shape index (κ3) is 3.34. The van der Waals surface area contributed by atoms with E-state index in [0.717, 1.165) is 11.1 Å². The number of nitriles is 1. The van der Waals surface area contributed by atoms with Crippen LogP contribution in [-0.4, -0.2) is 30.1 Å². The Morgan fingerprint density at radius 1 is 1.46 bits per heavy atom. The Bertz CT molecular complexity index is 999. The van der Waals surface area contributed by atoms with Crippen molar-refractivity contribution >= 4 is 51.9 Å². The maximum atomic E-state index is 12.4. The van der Waals surface area contributed by atoms with Crippen LogP contribution in [0, 0.1) is 17.2 Å². The molecule has 1 amide bonds. The van der Waals surface area contributed by atoms with Gasteiger partial charge in [-0.15, -0.1) is 0 Å². The molecule has 0 bridgehead atoms. The molecule has 2 unspecified atom stereocenters. The van der Waals surface area contributed by atoms with Crippen molar-refractivity contribution in [2.24, 2.45) is 21.6 Å². The van der Waals surface area contributed by atoms with Crippen molar-refractivity contribution in [3.63, 3.8) is 0 Å². The molecule has 1 aromatic carbocycles. The maximum Gasteiger partial charge on any atom is 0.257 e. The van der Waals surface area contributed by atoms with Crippen LogP contribution < -0.4 is 15.8 Å². The van der Waals surface area contributed by atoms with Crippen LogP contribution in [0.4, 0.5) is 0 Å². The summed E-state index contributed by atoms with van der Waals surface area (Å²) in [6.07, 6.45) is 2.76. The Morgan fingerprint density at radius 2 is 2.29 bits per heavy atom. The minimum atomic E-state index is -0.412. The molecule has 0 aliphatic carbocycles. The molecule has 3 N–H and O–H groups in total. The summed E-state index contributed by atoms with van der Waals surface area (Å²) in [4.78, 5) is 21.7. The van der Waals surface area contributed by atoms with E-state index in [1.807, 2.05) is 12.1 Å². The second-order valence-corrected chi connectivity index (χ2v) is 8.24. The standard InChI is InChI=1S/C18H15Cl2N5O2S/c19-10-7-11(20)15-8(2-5-27-15)13(10)14-9-6-12(16(26)23-4-1-3-21)28-17(9)25-18(22)24-14/h6-7,9,14H,1-2,4-5H2,(H2,22,24)(H,23,26). The van der Waals surface area contributed by atoms with E-state index in [9.17, 15) is 4.79 Å². The summed E-state index contributed by atoms with van der Waals surface area (Å²) >= 11 is 14.1. The molecule has 3 heterocycles. The van der Waals surface area contributed by atoms with Gasteiger partial charge in [-0.3, -0.25) is 4.79 Å². The third-order valence-electron chi connectivity index (χ3n) is 4.63. The molecule has 3 aliphatic heterocycles. The molecule has 0 fully saturated rings. The average molecular weight is 436 g/mol. The Labute approximate surface area is 175 Å². The largest absolute Gasteiger partial charge is 0.491 e. The van der Waals surface area contributed by atoms with Gasteiger partial charge >= 0.3 is 0 Å². The van der Waals surface area contributed by atoms with Gasteiger partial charge in [-0.1, -0.05) is 41.0 Å². The molecule has 28 heavy (non-hydrogen) atoms. The molecule has 10 heteroatoms. The fourth-order valence-corrected chi connectivity index (χ4v) is 5.21. The molecule has 4 rings (SSSR count). The molecule has 0 spiro atoms. The highest BCUT2D eigenvalue weighted by atomic mass is 35.5. The van der Waals surface area contributed by atoms with Gasteiger partial charge in [-0.05, 0) is 6.07 Å². The van der Waals surface area contributed by atoms with Gasteiger partial charge in [0.25, 0.3) is 5.91 Å². The number of halogens is 2. The molecule has 0 radical (unpaired) electrons. The summed E-state index contributed by atoms with van der Waals surface area (Å²) in [6.45, 7) is 0.817. The first-order chi connectivity index (χ1) is 13.5. The quantitative estimate of drug-likeness (QED) is 0.705. The van der Waals surface area contributed by atoms with Crippen LogP contribution >= 0.6 is 35.0 Å². The topological polar surface area (TPSA) is 113 Å². The molecular formula is C18H15Cl2N5O2S. The second-order valence-electron chi connectivity index (χ2n) is 6.36. The van der Waals surface area contributed by atoms with E-state index in [-0.39, 0.29) is 24.2 Å². The minimum Gasteiger partial charge on any atom is -0.491 e. The van der Waals surface area contributed by atoms with Gasteiger partial charge in [-0.25, -0.2) is 9.98 Å². The normalized spacial score (nSPS) is 22.2. The highest BCUT2D eigenvalue weighted by Crippen LogP contribution is 2.49. The molecule has 2 atom stereocenters. The summed E-state index contributed by atoms with van der Waals surface area (Å²) < 4.78 is 5.66. The number of hydrogen-bond donors (Lipinski definition) is 2. The number of aliphatic imine (C=N–C) groups is 2. The zero-order valence-corrected chi connectivity index (χ0v) is 16.9. The van der Waals surface area contributed by atoms with Crippen LogP contribution in [-0.2, 0) is 11.2 Å². The summed E-state index contributed by atoms with van der Waals surface area (Å²) in [5, 5.41) is 13.0. The Hall–Kier alpha value is -2.21. The predicted molar refractivity (Wildman–Crippen MR) is 110 cm³/mol. The van der Waals surface area contributed by atoms with Crippen molar-refractivity contribution in [1.82, 2.24) is 5.32 Å². The Kier molecular flexibility index (Phi) is 5.23. The van der Waals surface area contributed by atoms with Crippen molar-refractivity contribution in [1.29, 1.82) is 5.26 Å². The number of benzene rings is 1. The number of rotatable bonds is 4. The Morgan fingerprint density at radius 3 is 3.07 bits per heavy atom. The van der Waals surface area contributed by atoms with Gasteiger partial charge < -0.3 is 15.8 Å². The third-order valence-corrected chi connectivity index (χ3v) is 6.34. The number of thioether (sulfide) groups is 1. The monoisotopic (exact) mass is 435 g/mol. The number of amides is 1. The fraction of sp³-hybridized carbons (Fsp3) is 0.333. The first-order valence-electron chi connectivity index (χ1n) is 8.60. The van der Waals surface area contributed by atoms with E-state index >= 15 is 0 Å². The van der Waals surface area contributed by atoms with E-state index in [4.69, 9.17) is 38.9 Å². The van der Waals surface area contributed by atoms with E-state index in [2.05, 4.69) is 15.3 Å². The average Bonchev–Trinajstić information content (AvgIpc) is 3.29. The SMILES string of the molecule is N#CCCNC(=O)C1=CC2C(=NC(N)=NC2c2c(Cl)cc(Cl)c3c2CCO3)S1.